The number of Topliss-reactive ketones (excluding diaryl/α,β-unsaturated/α-hetero) is 1. The van der Waals surface area contributed by atoms with Gasteiger partial charge in [0.1, 0.15) is 11.6 Å². The fourth-order valence-corrected chi connectivity index (χ4v) is 1.38. The minimum Gasteiger partial charge on any atom is -0.480 e. The molecule has 0 heterocycles. The lowest BCUT2D eigenvalue weighted by atomic mass is 10.1. The Balaban J connectivity index is 3.05. The number of nitrogens with two attached hydrogens (primary N) is 1. The number of primary amides is 1. The van der Waals surface area contributed by atoms with Gasteiger partial charge in [0.05, 0.1) is 5.56 Å². The van der Waals surface area contributed by atoms with Gasteiger partial charge in [-0.05, 0) is 31.5 Å². The van der Waals surface area contributed by atoms with E-state index in [4.69, 9.17) is 10.5 Å². The summed E-state index contributed by atoms with van der Waals surface area (Å²) in [6.07, 6.45) is -0.442. The van der Waals surface area contributed by atoms with Gasteiger partial charge in [-0.1, -0.05) is 6.92 Å². The molecular formula is C12H14FNO3. The van der Waals surface area contributed by atoms with Crippen LogP contribution in [0.1, 0.15) is 30.6 Å². The average molecular weight is 239 g/mol. The van der Waals surface area contributed by atoms with Crippen LogP contribution in [-0.4, -0.2) is 17.8 Å². The molecule has 0 aliphatic heterocycles. The second-order valence-corrected chi connectivity index (χ2v) is 3.61. The highest BCUT2D eigenvalue weighted by atomic mass is 19.1. The fourth-order valence-electron chi connectivity index (χ4n) is 1.38. The van der Waals surface area contributed by atoms with Gasteiger partial charge in [-0.15, -0.1) is 0 Å². The Morgan fingerprint density at radius 1 is 1.47 bits per heavy atom. The number of halogens is 1. The summed E-state index contributed by atoms with van der Waals surface area (Å²) >= 11 is 0. The van der Waals surface area contributed by atoms with Crippen LogP contribution in [0.5, 0.6) is 5.75 Å². The predicted octanol–water partition coefficient (Wildman–Crippen LogP) is 1.67. The van der Waals surface area contributed by atoms with Crippen LogP contribution in [0, 0.1) is 5.82 Å². The Kier molecular flexibility index (Phi) is 4.20. The second kappa shape index (κ2) is 5.43. The monoisotopic (exact) mass is 239 g/mol. The molecule has 0 radical (unpaired) electrons. The van der Waals surface area contributed by atoms with E-state index < -0.39 is 17.8 Å². The first-order chi connectivity index (χ1) is 7.95. The third kappa shape index (κ3) is 3.27. The highest BCUT2D eigenvalue weighted by Gasteiger charge is 2.18. The summed E-state index contributed by atoms with van der Waals surface area (Å²) in [5.74, 6) is -1.32. The van der Waals surface area contributed by atoms with Crippen molar-refractivity contribution in [1.82, 2.24) is 0 Å². The Bertz CT molecular complexity index is 445. The molecule has 1 aromatic carbocycles. The van der Waals surface area contributed by atoms with Crippen LogP contribution >= 0.6 is 0 Å². The van der Waals surface area contributed by atoms with Crippen molar-refractivity contribution >= 4 is 11.7 Å². The molecule has 0 saturated carbocycles. The Morgan fingerprint density at radius 2 is 2.12 bits per heavy atom. The molecule has 0 saturated heterocycles. The van der Waals surface area contributed by atoms with Gasteiger partial charge in [0.25, 0.3) is 5.91 Å². The quantitative estimate of drug-likeness (QED) is 0.794. The van der Waals surface area contributed by atoms with Gasteiger partial charge in [-0.25, -0.2) is 4.39 Å². The molecule has 1 aromatic rings. The normalized spacial score (nSPS) is 11.9. The van der Waals surface area contributed by atoms with E-state index in [9.17, 15) is 14.0 Å². The van der Waals surface area contributed by atoms with Gasteiger partial charge >= 0.3 is 0 Å². The summed E-state index contributed by atoms with van der Waals surface area (Å²) in [5, 5.41) is 0. The number of carbonyl (C=O) groups excluding carboxylic acids is 2. The summed E-state index contributed by atoms with van der Waals surface area (Å²) in [5.41, 5.74) is 5.23. The van der Waals surface area contributed by atoms with Crippen molar-refractivity contribution in [3.63, 3.8) is 0 Å². The Hall–Kier alpha value is -1.91. The van der Waals surface area contributed by atoms with Crippen molar-refractivity contribution in [3.05, 3.63) is 29.6 Å². The average Bonchev–Trinajstić information content (AvgIpc) is 2.26. The lowest BCUT2D eigenvalue weighted by Crippen LogP contribution is -2.33. The SMILES string of the molecule is CCC(Oc1ccc(F)cc1C(C)=O)C(N)=O. The molecule has 0 bridgehead atoms. The zero-order chi connectivity index (χ0) is 13.0. The van der Waals surface area contributed by atoms with Gasteiger partial charge in [0, 0.05) is 0 Å². The van der Waals surface area contributed by atoms with Gasteiger partial charge in [0.2, 0.25) is 0 Å². The van der Waals surface area contributed by atoms with E-state index in [-0.39, 0.29) is 17.1 Å². The molecule has 1 atom stereocenters. The first-order valence-corrected chi connectivity index (χ1v) is 5.22. The summed E-state index contributed by atoms with van der Waals surface area (Å²) in [6, 6.07) is 3.55. The van der Waals surface area contributed by atoms with Crippen LogP contribution in [-0.2, 0) is 4.79 Å². The summed E-state index contributed by atoms with van der Waals surface area (Å²) in [7, 11) is 0. The van der Waals surface area contributed by atoms with Crippen LogP contribution in [0.25, 0.3) is 0 Å². The van der Waals surface area contributed by atoms with Gasteiger partial charge in [-0.3, -0.25) is 9.59 Å². The number of ether oxygens (including phenoxy) is 1. The number of carbonyl (C=O) groups is 2. The second-order valence-electron chi connectivity index (χ2n) is 3.61. The lowest BCUT2D eigenvalue weighted by molar-refractivity contribution is -0.124. The molecule has 5 heteroatoms. The van der Waals surface area contributed by atoms with Crippen molar-refractivity contribution in [2.75, 3.05) is 0 Å². The maximum absolute atomic E-state index is 13.0. The molecule has 0 spiro atoms. The number of rotatable bonds is 5. The van der Waals surface area contributed by atoms with Crippen molar-refractivity contribution in [2.45, 2.75) is 26.4 Å². The molecule has 1 amide bonds. The molecule has 1 rings (SSSR count). The molecule has 2 N–H and O–H groups in total. The lowest BCUT2D eigenvalue weighted by Gasteiger charge is -2.16. The van der Waals surface area contributed by atoms with E-state index in [0.717, 1.165) is 12.1 Å². The molecular weight excluding hydrogens is 225 g/mol. The van der Waals surface area contributed by atoms with Gasteiger partial charge in [0.15, 0.2) is 11.9 Å². The van der Waals surface area contributed by atoms with Crippen LogP contribution in [0.4, 0.5) is 4.39 Å². The largest absolute Gasteiger partial charge is 0.480 e. The zero-order valence-corrected chi connectivity index (χ0v) is 9.70. The molecule has 0 fully saturated rings. The van der Waals surface area contributed by atoms with E-state index >= 15 is 0 Å². The molecule has 0 aliphatic rings. The molecule has 4 nitrogen and oxygen atoms in total. The zero-order valence-electron chi connectivity index (χ0n) is 9.70. The highest BCUT2D eigenvalue weighted by molar-refractivity contribution is 5.97. The molecule has 1 unspecified atom stereocenters. The Morgan fingerprint density at radius 3 is 2.59 bits per heavy atom. The predicted molar refractivity (Wildman–Crippen MR) is 60.3 cm³/mol. The first-order valence-electron chi connectivity index (χ1n) is 5.22. The van der Waals surface area contributed by atoms with Crippen LogP contribution in [0.3, 0.4) is 0 Å². The van der Waals surface area contributed by atoms with E-state index in [1.165, 1.54) is 13.0 Å². The topological polar surface area (TPSA) is 69.4 Å². The van der Waals surface area contributed by atoms with E-state index in [1.54, 1.807) is 6.92 Å². The summed E-state index contributed by atoms with van der Waals surface area (Å²) < 4.78 is 18.3. The number of hydrogen-bond donors (Lipinski definition) is 1. The van der Waals surface area contributed by atoms with Crippen LogP contribution in [0.2, 0.25) is 0 Å². The van der Waals surface area contributed by atoms with E-state index in [0.29, 0.717) is 6.42 Å². The summed E-state index contributed by atoms with van der Waals surface area (Å²) in [4.78, 5) is 22.3. The van der Waals surface area contributed by atoms with Crippen LogP contribution in [0.15, 0.2) is 18.2 Å². The number of hydrogen-bond acceptors (Lipinski definition) is 3. The molecule has 0 aromatic heterocycles. The Labute approximate surface area is 98.6 Å². The van der Waals surface area contributed by atoms with Crippen molar-refractivity contribution in [3.8, 4) is 5.75 Å². The van der Waals surface area contributed by atoms with E-state index in [2.05, 4.69) is 0 Å². The van der Waals surface area contributed by atoms with Crippen LogP contribution < -0.4 is 10.5 Å². The maximum atomic E-state index is 13.0. The van der Waals surface area contributed by atoms with E-state index in [1.807, 2.05) is 0 Å². The number of ketones is 1. The standard InChI is InChI=1S/C12H14FNO3/c1-3-10(12(14)16)17-11-5-4-8(13)6-9(11)7(2)15/h4-6,10H,3H2,1-2H3,(H2,14,16). The summed E-state index contributed by atoms with van der Waals surface area (Å²) in [6.45, 7) is 3.03. The maximum Gasteiger partial charge on any atom is 0.258 e. The molecule has 0 aliphatic carbocycles. The number of amides is 1. The molecule has 17 heavy (non-hydrogen) atoms. The molecule has 92 valence electrons. The fraction of sp³-hybridized carbons (Fsp3) is 0.333. The van der Waals surface area contributed by atoms with Gasteiger partial charge in [-0.2, -0.15) is 0 Å². The highest BCUT2D eigenvalue weighted by Crippen LogP contribution is 2.22. The van der Waals surface area contributed by atoms with Crippen molar-refractivity contribution in [2.24, 2.45) is 5.73 Å². The van der Waals surface area contributed by atoms with Crippen molar-refractivity contribution in [1.29, 1.82) is 0 Å². The third-order valence-electron chi connectivity index (χ3n) is 2.28. The number of benzene rings is 1. The minimum atomic E-state index is -0.821. The first kappa shape index (κ1) is 13.2. The van der Waals surface area contributed by atoms with Gasteiger partial charge < -0.3 is 10.5 Å². The van der Waals surface area contributed by atoms with Crippen molar-refractivity contribution < 1.29 is 18.7 Å². The smallest absolute Gasteiger partial charge is 0.258 e. The minimum absolute atomic E-state index is 0.102. The third-order valence-corrected chi connectivity index (χ3v) is 2.28.